The third-order valence-corrected chi connectivity index (χ3v) is 5.34. The highest BCUT2D eigenvalue weighted by molar-refractivity contribution is 5.97. The van der Waals surface area contributed by atoms with Crippen LogP contribution in [0, 0.1) is 0 Å². The van der Waals surface area contributed by atoms with Crippen LogP contribution in [0.2, 0.25) is 0 Å². The van der Waals surface area contributed by atoms with Crippen molar-refractivity contribution in [2.24, 2.45) is 4.99 Å². The number of rotatable bonds is 6. The standard InChI is InChI=1S/C23H25N3O2/c1-28-22-4-2-3-20-16-26(12-10-21(20)22)15-18-7-5-17(6-8-18)13-25-23(27)19-9-11-24-14-19/h2-8,11,14H,9-10,12-13,15-16H2,1H3,(H,25,27). The van der Waals surface area contributed by atoms with Crippen LogP contribution in [0.1, 0.15) is 28.7 Å². The first-order valence-corrected chi connectivity index (χ1v) is 9.67. The van der Waals surface area contributed by atoms with E-state index in [0.717, 1.165) is 42.9 Å². The molecule has 5 nitrogen and oxygen atoms in total. The Morgan fingerprint density at radius 1 is 1.18 bits per heavy atom. The minimum Gasteiger partial charge on any atom is -0.496 e. The summed E-state index contributed by atoms with van der Waals surface area (Å²) in [6, 6.07) is 14.8. The molecule has 4 rings (SSSR count). The highest BCUT2D eigenvalue weighted by Gasteiger charge is 2.19. The largest absolute Gasteiger partial charge is 0.496 e. The minimum atomic E-state index is -0.0380. The van der Waals surface area contributed by atoms with E-state index in [1.165, 1.54) is 16.7 Å². The summed E-state index contributed by atoms with van der Waals surface area (Å²) >= 11 is 0. The van der Waals surface area contributed by atoms with Crippen molar-refractivity contribution in [3.05, 3.63) is 76.5 Å². The van der Waals surface area contributed by atoms with Gasteiger partial charge in [-0.05, 0) is 34.7 Å². The summed E-state index contributed by atoms with van der Waals surface area (Å²) in [4.78, 5) is 18.5. The van der Waals surface area contributed by atoms with Gasteiger partial charge in [-0.3, -0.25) is 14.7 Å². The quantitative estimate of drug-likeness (QED) is 0.843. The van der Waals surface area contributed by atoms with Crippen molar-refractivity contribution >= 4 is 12.1 Å². The normalized spacial score (nSPS) is 15.8. The van der Waals surface area contributed by atoms with E-state index in [2.05, 4.69) is 51.6 Å². The van der Waals surface area contributed by atoms with Crippen LogP contribution in [-0.2, 0) is 30.8 Å². The molecule has 2 aliphatic rings. The zero-order valence-electron chi connectivity index (χ0n) is 16.1. The predicted octanol–water partition coefficient (Wildman–Crippen LogP) is 3.23. The number of hydrogen-bond donors (Lipinski definition) is 1. The van der Waals surface area contributed by atoms with Crippen LogP contribution in [0.5, 0.6) is 5.75 Å². The van der Waals surface area contributed by atoms with Crippen molar-refractivity contribution in [2.45, 2.75) is 32.5 Å². The molecule has 0 atom stereocenters. The topological polar surface area (TPSA) is 53.9 Å². The van der Waals surface area contributed by atoms with Crippen LogP contribution < -0.4 is 10.1 Å². The van der Waals surface area contributed by atoms with Crippen molar-refractivity contribution in [1.29, 1.82) is 0 Å². The molecule has 0 aromatic heterocycles. The summed E-state index contributed by atoms with van der Waals surface area (Å²) < 4.78 is 5.49. The van der Waals surface area contributed by atoms with Crippen molar-refractivity contribution in [1.82, 2.24) is 10.2 Å². The number of nitrogens with one attached hydrogen (secondary N) is 1. The molecule has 28 heavy (non-hydrogen) atoms. The van der Waals surface area contributed by atoms with Crippen LogP contribution in [0.4, 0.5) is 0 Å². The molecule has 1 N–H and O–H groups in total. The fourth-order valence-corrected chi connectivity index (χ4v) is 3.77. The Morgan fingerprint density at radius 2 is 2.00 bits per heavy atom. The van der Waals surface area contributed by atoms with E-state index < -0.39 is 0 Å². The second-order valence-corrected chi connectivity index (χ2v) is 7.25. The van der Waals surface area contributed by atoms with Gasteiger partial charge in [-0.25, -0.2) is 0 Å². The number of benzene rings is 2. The molecule has 144 valence electrons. The molecule has 0 saturated heterocycles. The average Bonchev–Trinajstić information content (AvgIpc) is 3.27. The van der Waals surface area contributed by atoms with E-state index in [4.69, 9.17) is 4.74 Å². The Labute approximate surface area is 165 Å². The molecule has 0 aliphatic carbocycles. The number of ether oxygens (including phenoxy) is 1. The van der Waals surface area contributed by atoms with Gasteiger partial charge in [0.05, 0.1) is 7.11 Å². The van der Waals surface area contributed by atoms with Gasteiger partial charge in [-0.15, -0.1) is 0 Å². The first kappa shape index (κ1) is 18.4. The molecular weight excluding hydrogens is 350 g/mol. The van der Waals surface area contributed by atoms with E-state index >= 15 is 0 Å². The lowest BCUT2D eigenvalue weighted by molar-refractivity contribution is -0.117. The zero-order chi connectivity index (χ0) is 19.3. The molecule has 0 saturated carbocycles. The van der Waals surface area contributed by atoms with Crippen LogP contribution in [0.25, 0.3) is 0 Å². The van der Waals surface area contributed by atoms with Gasteiger partial charge in [0.25, 0.3) is 0 Å². The number of amides is 1. The van der Waals surface area contributed by atoms with Gasteiger partial charge in [0.15, 0.2) is 0 Å². The highest BCUT2D eigenvalue weighted by Crippen LogP contribution is 2.28. The van der Waals surface area contributed by atoms with Crippen LogP contribution in [0.3, 0.4) is 0 Å². The monoisotopic (exact) mass is 375 g/mol. The van der Waals surface area contributed by atoms with E-state index in [0.29, 0.717) is 13.0 Å². The number of hydrogen-bond acceptors (Lipinski definition) is 4. The van der Waals surface area contributed by atoms with E-state index in [1.807, 2.05) is 6.07 Å². The number of nitrogens with zero attached hydrogens (tertiary/aromatic N) is 2. The SMILES string of the molecule is COc1cccc2c1CCN(Cc1ccc(CNC(=O)C3=CN=CC3)cc1)C2. The Hall–Kier alpha value is -2.92. The molecule has 1 amide bonds. The lowest BCUT2D eigenvalue weighted by Crippen LogP contribution is -2.30. The van der Waals surface area contributed by atoms with Gasteiger partial charge in [-0.2, -0.15) is 0 Å². The van der Waals surface area contributed by atoms with Gasteiger partial charge in [-0.1, -0.05) is 36.4 Å². The molecule has 0 fully saturated rings. The maximum absolute atomic E-state index is 12.0. The summed E-state index contributed by atoms with van der Waals surface area (Å²) in [6.45, 7) is 3.44. The van der Waals surface area contributed by atoms with E-state index in [1.54, 1.807) is 19.5 Å². The second kappa shape index (κ2) is 8.40. The first-order chi connectivity index (χ1) is 13.7. The molecule has 0 bridgehead atoms. The smallest absolute Gasteiger partial charge is 0.249 e. The lowest BCUT2D eigenvalue weighted by atomic mass is 9.98. The van der Waals surface area contributed by atoms with E-state index in [9.17, 15) is 4.79 Å². The molecular formula is C23H25N3O2. The summed E-state index contributed by atoms with van der Waals surface area (Å²) in [5, 5.41) is 2.95. The molecule has 2 aliphatic heterocycles. The predicted molar refractivity (Wildman–Crippen MR) is 110 cm³/mol. The summed E-state index contributed by atoms with van der Waals surface area (Å²) in [5.74, 6) is 0.965. The molecule has 2 heterocycles. The highest BCUT2D eigenvalue weighted by atomic mass is 16.5. The Bertz CT molecular complexity index is 916. The molecule has 0 radical (unpaired) electrons. The van der Waals surface area contributed by atoms with E-state index in [-0.39, 0.29) is 5.91 Å². The van der Waals surface area contributed by atoms with Crippen molar-refractivity contribution in [3.63, 3.8) is 0 Å². The van der Waals surface area contributed by atoms with Gasteiger partial charge in [0.2, 0.25) is 5.91 Å². The van der Waals surface area contributed by atoms with Crippen molar-refractivity contribution in [3.8, 4) is 5.75 Å². The Morgan fingerprint density at radius 3 is 2.75 bits per heavy atom. The molecule has 5 heteroatoms. The Balaban J connectivity index is 1.31. The fourth-order valence-electron chi connectivity index (χ4n) is 3.77. The summed E-state index contributed by atoms with van der Waals surface area (Å²) in [7, 11) is 1.74. The number of aliphatic imine (C=N–C) groups is 1. The maximum Gasteiger partial charge on any atom is 0.249 e. The molecule has 0 spiro atoms. The zero-order valence-corrected chi connectivity index (χ0v) is 16.1. The number of carbonyl (C=O) groups is 1. The number of carbonyl (C=O) groups excluding carboxylic acids is 1. The maximum atomic E-state index is 12.0. The van der Waals surface area contributed by atoms with Crippen LogP contribution >= 0.6 is 0 Å². The van der Waals surface area contributed by atoms with Crippen molar-refractivity contribution in [2.75, 3.05) is 13.7 Å². The first-order valence-electron chi connectivity index (χ1n) is 9.67. The third kappa shape index (κ3) is 4.15. The third-order valence-electron chi connectivity index (χ3n) is 5.34. The number of methoxy groups -OCH3 is 1. The summed E-state index contributed by atoms with van der Waals surface area (Å²) in [5.41, 5.74) is 5.81. The Kier molecular flexibility index (Phi) is 5.53. The second-order valence-electron chi connectivity index (χ2n) is 7.25. The minimum absolute atomic E-state index is 0.0380. The van der Waals surface area contributed by atoms with Crippen LogP contribution in [0.15, 0.2) is 59.2 Å². The van der Waals surface area contributed by atoms with Gasteiger partial charge >= 0.3 is 0 Å². The molecule has 0 unspecified atom stereocenters. The molecule has 2 aromatic carbocycles. The van der Waals surface area contributed by atoms with Gasteiger partial charge in [0.1, 0.15) is 5.75 Å². The fraction of sp³-hybridized carbons (Fsp3) is 0.304. The lowest BCUT2D eigenvalue weighted by Gasteiger charge is -2.29. The van der Waals surface area contributed by atoms with Gasteiger partial charge < -0.3 is 10.1 Å². The number of fused-ring (bicyclic) bond motifs is 1. The van der Waals surface area contributed by atoms with Crippen molar-refractivity contribution < 1.29 is 9.53 Å². The van der Waals surface area contributed by atoms with Gasteiger partial charge in [0, 0.05) is 50.6 Å². The molecule has 2 aromatic rings. The average molecular weight is 375 g/mol. The summed E-state index contributed by atoms with van der Waals surface area (Å²) in [6.07, 6.45) is 5.02. The van der Waals surface area contributed by atoms with Crippen LogP contribution in [-0.4, -0.2) is 30.7 Å².